The van der Waals surface area contributed by atoms with Crippen LogP contribution in [0.25, 0.3) is 0 Å². The van der Waals surface area contributed by atoms with Crippen molar-refractivity contribution in [2.45, 2.75) is 25.4 Å². The van der Waals surface area contributed by atoms with Crippen LogP contribution in [-0.2, 0) is 12.6 Å². The second-order valence-corrected chi connectivity index (χ2v) is 6.98. The molecule has 3 aromatic rings. The van der Waals surface area contributed by atoms with Crippen molar-refractivity contribution in [3.05, 3.63) is 88.5 Å². The zero-order valence-corrected chi connectivity index (χ0v) is 16.1. The molecule has 1 amide bonds. The molecule has 0 radical (unpaired) electrons. The van der Waals surface area contributed by atoms with Crippen LogP contribution in [0.15, 0.2) is 60.9 Å². The molecule has 1 N–H and O–H groups in total. The summed E-state index contributed by atoms with van der Waals surface area (Å²) < 4.78 is 38.6. The molecule has 0 aliphatic rings. The Morgan fingerprint density at radius 1 is 1.14 bits per heavy atom. The van der Waals surface area contributed by atoms with Crippen LogP contribution in [0.4, 0.5) is 18.9 Å². The second kappa shape index (κ2) is 8.61. The summed E-state index contributed by atoms with van der Waals surface area (Å²) in [6.45, 7) is 2.00. The Labute approximate surface area is 170 Å². The van der Waals surface area contributed by atoms with Crippen LogP contribution in [0.3, 0.4) is 0 Å². The van der Waals surface area contributed by atoms with Gasteiger partial charge in [-0.1, -0.05) is 36.7 Å². The van der Waals surface area contributed by atoms with E-state index in [0.717, 1.165) is 23.4 Å². The summed E-state index contributed by atoms with van der Waals surface area (Å²) in [5.74, 6) is -0.546. The summed E-state index contributed by atoms with van der Waals surface area (Å²) >= 11 is 5.86. The molecule has 2 aromatic carbocycles. The second-order valence-electron chi connectivity index (χ2n) is 6.60. The van der Waals surface area contributed by atoms with E-state index in [1.165, 1.54) is 18.3 Å². The lowest BCUT2D eigenvalue weighted by molar-refractivity contribution is -0.137. The molecule has 0 spiro atoms. The maximum absolute atomic E-state index is 12.9. The number of aromatic nitrogens is 2. The minimum atomic E-state index is -4.51. The van der Waals surface area contributed by atoms with Gasteiger partial charge in [-0.05, 0) is 48.2 Å². The van der Waals surface area contributed by atoms with E-state index in [4.69, 9.17) is 11.6 Å². The maximum Gasteiger partial charge on any atom is 0.416 e. The number of hydrogen-bond donors (Lipinski definition) is 1. The summed E-state index contributed by atoms with van der Waals surface area (Å²) in [5, 5.41) is 2.97. The molecule has 3 rings (SSSR count). The van der Waals surface area contributed by atoms with Crippen LogP contribution in [0, 0.1) is 0 Å². The number of nitrogens with zero attached hydrogens (tertiary/aromatic N) is 2. The van der Waals surface area contributed by atoms with Gasteiger partial charge in [0.05, 0.1) is 17.5 Å². The summed E-state index contributed by atoms with van der Waals surface area (Å²) in [6, 6.07) is 11.5. The van der Waals surface area contributed by atoms with Crippen LogP contribution in [0.2, 0.25) is 5.15 Å². The summed E-state index contributed by atoms with van der Waals surface area (Å²) in [6.07, 6.45) is -0.811. The van der Waals surface area contributed by atoms with Gasteiger partial charge in [-0.2, -0.15) is 13.2 Å². The fourth-order valence-electron chi connectivity index (χ4n) is 2.87. The van der Waals surface area contributed by atoms with E-state index in [0.29, 0.717) is 17.3 Å². The third-order valence-corrected chi connectivity index (χ3v) is 4.52. The maximum atomic E-state index is 12.9. The van der Waals surface area contributed by atoms with Gasteiger partial charge in [0.25, 0.3) is 5.91 Å². The van der Waals surface area contributed by atoms with Crippen molar-refractivity contribution >= 4 is 23.2 Å². The average molecular weight is 420 g/mol. The van der Waals surface area contributed by atoms with Crippen molar-refractivity contribution in [3.63, 3.8) is 0 Å². The zero-order valence-electron chi connectivity index (χ0n) is 15.4. The summed E-state index contributed by atoms with van der Waals surface area (Å²) in [5.41, 5.74) is 1.24. The van der Waals surface area contributed by atoms with Crippen molar-refractivity contribution < 1.29 is 18.0 Å². The number of halogens is 4. The minimum absolute atomic E-state index is 0.0625. The lowest BCUT2D eigenvalue weighted by Gasteiger charge is -2.14. The standard InChI is InChI=1S/C21H17ClF3N3O/c1-13(8-18-11-26-12-19(22)27-18)14-4-3-7-17(10-14)28-20(29)15-5-2-6-16(9-15)21(23,24)25/h2-7,9-13H,8H2,1H3,(H,28,29)/t13-/m0/s1. The summed E-state index contributed by atoms with van der Waals surface area (Å²) in [4.78, 5) is 20.6. The predicted octanol–water partition coefficient (Wildman–Crippen LogP) is 5.75. The zero-order chi connectivity index (χ0) is 21.0. The average Bonchev–Trinajstić information content (AvgIpc) is 2.67. The first-order valence-corrected chi connectivity index (χ1v) is 9.15. The smallest absolute Gasteiger partial charge is 0.322 e. The van der Waals surface area contributed by atoms with Crippen LogP contribution >= 0.6 is 11.6 Å². The van der Waals surface area contributed by atoms with Gasteiger partial charge in [-0.25, -0.2) is 4.98 Å². The number of benzene rings is 2. The van der Waals surface area contributed by atoms with E-state index in [2.05, 4.69) is 15.3 Å². The fraction of sp³-hybridized carbons (Fsp3) is 0.190. The molecule has 0 bridgehead atoms. The van der Waals surface area contributed by atoms with Gasteiger partial charge < -0.3 is 5.32 Å². The van der Waals surface area contributed by atoms with Crippen LogP contribution < -0.4 is 5.32 Å². The third-order valence-electron chi connectivity index (χ3n) is 4.34. The third kappa shape index (κ3) is 5.54. The lowest BCUT2D eigenvalue weighted by Crippen LogP contribution is -2.14. The van der Waals surface area contributed by atoms with Gasteiger partial charge in [0.1, 0.15) is 5.15 Å². The highest BCUT2D eigenvalue weighted by molar-refractivity contribution is 6.29. The van der Waals surface area contributed by atoms with Crippen LogP contribution in [-0.4, -0.2) is 15.9 Å². The molecule has 0 aliphatic heterocycles. The SMILES string of the molecule is C[C@@H](Cc1cncc(Cl)n1)c1cccc(NC(=O)c2cccc(C(F)(F)F)c2)c1. The predicted molar refractivity (Wildman–Crippen MR) is 105 cm³/mol. The molecule has 0 unspecified atom stereocenters. The normalized spacial score (nSPS) is 12.4. The van der Waals surface area contributed by atoms with Crippen molar-refractivity contribution in [2.24, 2.45) is 0 Å². The number of anilines is 1. The van der Waals surface area contributed by atoms with Gasteiger partial charge in [-0.3, -0.25) is 9.78 Å². The first-order valence-electron chi connectivity index (χ1n) is 8.77. The molecular formula is C21H17ClF3N3O. The Morgan fingerprint density at radius 3 is 2.62 bits per heavy atom. The first kappa shape index (κ1) is 20.8. The van der Waals surface area contributed by atoms with Crippen LogP contribution in [0.1, 0.15) is 40.0 Å². The van der Waals surface area contributed by atoms with E-state index in [-0.39, 0.29) is 11.5 Å². The van der Waals surface area contributed by atoms with E-state index < -0.39 is 17.6 Å². The van der Waals surface area contributed by atoms with Crippen molar-refractivity contribution in [1.29, 1.82) is 0 Å². The van der Waals surface area contributed by atoms with Gasteiger partial charge in [0, 0.05) is 17.4 Å². The quantitative estimate of drug-likeness (QED) is 0.573. The highest BCUT2D eigenvalue weighted by Gasteiger charge is 2.30. The number of carbonyl (C=O) groups excluding carboxylic acids is 1. The minimum Gasteiger partial charge on any atom is -0.322 e. The lowest BCUT2D eigenvalue weighted by atomic mass is 9.96. The van der Waals surface area contributed by atoms with Crippen LogP contribution in [0.5, 0.6) is 0 Å². The molecule has 0 saturated heterocycles. The van der Waals surface area contributed by atoms with Gasteiger partial charge in [0.15, 0.2) is 0 Å². The highest BCUT2D eigenvalue weighted by atomic mass is 35.5. The first-order chi connectivity index (χ1) is 13.7. The fourth-order valence-corrected chi connectivity index (χ4v) is 3.04. The van der Waals surface area contributed by atoms with Gasteiger partial charge in [0.2, 0.25) is 0 Å². The number of carbonyl (C=O) groups is 1. The number of rotatable bonds is 5. The molecule has 0 aliphatic carbocycles. The Bertz CT molecular complexity index is 1020. The van der Waals surface area contributed by atoms with Gasteiger partial charge >= 0.3 is 6.18 Å². The molecule has 150 valence electrons. The number of hydrogen-bond acceptors (Lipinski definition) is 3. The molecule has 0 saturated carbocycles. The Morgan fingerprint density at radius 2 is 1.90 bits per heavy atom. The number of alkyl halides is 3. The van der Waals surface area contributed by atoms with Crippen molar-refractivity contribution in [3.8, 4) is 0 Å². The van der Waals surface area contributed by atoms with E-state index in [9.17, 15) is 18.0 Å². The number of amides is 1. The van der Waals surface area contributed by atoms with Crippen molar-refractivity contribution in [2.75, 3.05) is 5.32 Å². The van der Waals surface area contributed by atoms with Crippen molar-refractivity contribution in [1.82, 2.24) is 9.97 Å². The van der Waals surface area contributed by atoms with Gasteiger partial charge in [-0.15, -0.1) is 0 Å². The molecule has 0 fully saturated rings. The molecule has 1 aromatic heterocycles. The Hall–Kier alpha value is -2.93. The molecule has 1 atom stereocenters. The molecule has 4 nitrogen and oxygen atoms in total. The Kier molecular flexibility index (Phi) is 6.17. The molecular weight excluding hydrogens is 403 g/mol. The van der Waals surface area contributed by atoms with E-state index >= 15 is 0 Å². The summed E-state index contributed by atoms with van der Waals surface area (Å²) in [7, 11) is 0. The molecule has 29 heavy (non-hydrogen) atoms. The van der Waals surface area contributed by atoms with E-state index in [1.54, 1.807) is 24.4 Å². The number of nitrogens with one attached hydrogen (secondary N) is 1. The molecule has 1 heterocycles. The highest BCUT2D eigenvalue weighted by Crippen LogP contribution is 2.30. The van der Waals surface area contributed by atoms with E-state index in [1.807, 2.05) is 13.0 Å². The molecule has 8 heteroatoms. The monoisotopic (exact) mass is 419 g/mol. The topological polar surface area (TPSA) is 54.9 Å². The Balaban J connectivity index is 1.73. The largest absolute Gasteiger partial charge is 0.416 e.